The van der Waals surface area contributed by atoms with E-state index < -0.39 is 20.0 Å². The minimum Gasteiger partial charge on any atom is -0.443 e. The lowest BCUT2D eigenvalue weighted by molar-refractivity contribution is 0.484. The predicted molar refractivity (Wildman–Crippen MR) is 137 cm³/mol. The molecule has 0 atom stereocenters. The summed E-state index contributed by atoms with van der Waals surface area (Å²) in [6.07, 6.45) is 3.17. The van der Waals surface area contributed by atoms with Crippen LogP contribution < -0.4 is 9.44 Å². The highest BCUT2D eigenvalue weighted by Gasteiger charge is 2.23. The van der Waals surface area contributed by atoms with Gasteiger partial charge >= 0.3 is 0 Å². The highest BCUT2D eigenvalue weighted by molar-refractivity contribution is 7.93. The molecule has 0 fully saturated rings. The lowest BCUT2D eigenvalue weighted by Crippen LogP contribution is -2.17. The molecule has 0 aliphatic carbocycles. The number of furan rings is 1. The summed E-state index contributed by atoms with van der Waals surface area (Å²) in [4.78, 5) is 8.24. The average Bonchev–Trinajstić information content (AvgIpc) is 3.32. The third-order valence-electron chi connectivity index (χ3n) is 5.13. The zero-order valence-electron chi connectivity index (χ0n) is 18.3. The van der Waals surface area contributed by atoms with Gasteiger partial charge in [0.05, 0.1) is 16.3 Å². The molecule has 0 bridgehead atoms. The molecule has 12 heteroatoms. The minimum absolute atomic E-state index is 0.0189. The Morgan fingerprint density at radius 3 is 2.14 bits per heavy atom. The summed E-state index contributed by atoms with van der Waals surface area (Å²) >= 11 is 6.07. The number of para-hydroxylation sites is 1. The van der Waals surface area contributed by atoms with Crippen molar-refractivity contribution in [1.29, 1.82) is 0 Å². The molecule has 5 aromatic rings. The van der Waals surface area contributed by atoms with Gasteiger partial charge in [-0.2, -0.15) is 8.42 Å². The van der Waals surface area contributed by atoms with E-state index in [1.165, 1.54) is 36.4 Å². The first-order chi connectivity index (χ1) is 17.2. The summed E-state index contributed by atoms with van der Waals surface area (Å²) in [7, 11) is -8.28. The number of sulfonamides is 2. The summed E-state index contributed by atoms with van der Waals surface area (Å²) in [6.45, 7) is 0. The Hall–Kier alpha value is -3.93. The van der Waals surface area contributed by atoms with Gasteiger partial charge < -0.3 is 4.42 Å². The van der Waals surface area contributed by atoms with Crippen LogP contribution in [0, 0.1) is 0 Å². The molecular formula is C24H17ClN4O5S2. The molecule has 3 aromatic carbocycles. The van der Waals surface area contributed by atoms with E-state index in [9.17, 15) is 16.8 Å². The molecule has 36 heavy (non-hydrogen) atoms. The molecule has 2 heterocycles. The van der Waals surface area contributed by atoms with Crippen molar-refractivity contribution in [1.82, 2.24) is 9.97 Å². The number of hydrogen-bond acceptors (Lipinski definition) is 7. The molecule has 2 N–H and O–H groups in total. The van der Waals surface area contributed by atoms with Gasteiger partial charge in [-0.25, -0.2) is 18.4 Å². The maximum atomic E-state index is 13.1. The number of nitrogens with one attached hydrogen (secondary N) is 2. The van der Waals surface area contributed by atoms with Crippen LogP contribution in [0.3, 0.4) is 0 Å². The highest BCUT2D eigenvalue weighted by atomic mass is 35.5. The third-order valence-corrected chi connectivity index (χ3v) is 7.96. The monoisotopic (exact) mass is 540 g/mol. The Morgan fingerprint density at radius 1 is 0.722 bits per heavy atom. The second-order valence-electron chi connectivity index (χ2n) is 7.60. The SMILES string of the molecule is O=S(=O)(Nc1ccc(Cl)cc1NS(=O)(=O)c1cc2ccccc2o1)c1ccc(-c2ncccn2)cc1. The van der Waals surface area contributed by atoms with Gasteiger partial charge in [0.15, 0.2) is 5.82 Å². The van der Waals surface area contributed by atoms with Crippen LogP contribution in [0.4, 0.5) is 11.4 Å². The molecule has 0 amide bonds. The van der Waals surface area contributed by atoms with Crippen molar-refractivity contribution in [3.8, 4) is 11.4 Å². The second kappa shape index (κ2) is 9.26. The maximum Gasteiger partial charge on any atom is 0.295 e. The van der Waals surface area contributed by atoms with Crippen molar-refractivity contribution in [3.05, 3.63) is 96.3 Å². The van der Waals surface area contributed by atoms with Crippen molar-refractivity contribution in [2.45, 2.75) is 9.99 Å². The van der Waals surface area contributed by atoms with Crippen LogP contribution >= 0.6 is 11.6 Å². The second-order valence-corrected chi connectivity index (χ2v) is 11.3. The van der Waals surface area contributed by atoms with E-state index in [2.05, 4.69) is 19.4 Å². The first kappa shape index (κ1) is 23.8. The molecule has 2 aromatic heterocycles. The van der Waals surface area contributed by atoms with Crippen LogP contribution in [0.25, 0.3) is 22.4 Å². The molecule has 0 radical (unpaired) electrons. The normalized spacial score (nSPS) is 11.9. The highest BCUT2D eigenvalue weighted by Crippen LogP contribution is 2.31. The van der Waals surface area contributed by atoms with Crippen LogP contribution in [0.15, 0.2) is 106 Å². The van der Waals surface area contributed by atoms with Crippen molar-refractivity contribution in [2.75, 3.05) is 9.44 Å². The molecule has 9 nitrogen and oxygen atoms in total. The molecular weight excluding hydrogens is 524 g/mol. The van der Waals surface area contributed by atoms with E-state index in [0.29, 0.717) is 22.4 Å². The van der Waals surface area contributed by atoms with Crippen molar-refractivity contribution < 1.29 is 21.3 Å². The van der Waals surface area contributed by atoms with Crippen molar-refractivity contribution >= 4 is 54.0 Å². The molecule has 5 rings (SSSR count). The zero-order chi connectivity index (χ0) is 25.3. The number of anilines is 2. The zero-order valence-corrected chi connectivity index (χ0v) is 20.7. The first-order valence-electron chi connectivity index (χ1n) is 10.4. The topological polar surface area (TPSA) is 131 Å². The van der Waals surface area contributed by atoms with E-state index in [4.69, 9.17) is 16.0 Å². The molecule has 182 valence electrons. The van der Waals surface area contributed by atoms with E-state index in [-0.39, 0.29) is 26.4 Å². The van der Waals surface area contributed by atoms with E-state index in [1.54, 1.807) is 54.9 Å². The van der Waals surface area contributed by atoms with Gasteiger partial charge in [0.2, 0.25) is 5.09 Å². The molecule has 0 aliphatic heterocycles. The number of benzene rings is 3. The van der Waals surface area contributed by atoms with Crippen LogP contribution in [-0.2, 0) is 20.0 Å². The first-order valence-corrected chi connectivity index (χ1v) is 13.8. The number of fused-ring (bicyclic) bond motifs is 1. The number of rotatable bonds is 7. The van der Waals surface area contributed by atoms with E-state index in [0.717, 1.165) is 0 Å². The lowest BCUT2D eigenvalue weighted by atomic mass is 10.2. The van der Waals surface area contributed by atoms with Gasteiger partial charge in [-0.1, -0.05) is 29.8 Å². The number of halogens is 1. The van der Waals surface area contributed by atoms with Crippen LogP contribution in [0.1, 0.15) is 0 Å². The quantitative estimate of drug-likeness (QED) is 0.292. The van der Waals surface area contributed by atoms with E-state index >= 15 is 0 Å². The van der Waals surface area contributed by atoms with Crippen molar-refractivity contribution in [2.24, 2.45) is 0 Å². The molecule has 0 unspecified atom stereocenters. The minimum atomic E-state index is -4.19. The smallest absolute Gasteiger partial charge is 0.295 e. The number of hydrogen-bond donors (Lipinski definition) is 2. The Bertz CT molecular complexity index is 1740. The number of nitrogens with zero attached hydrogens (tertiary/aromatic N) is 2. The Labute approximate surface area is 211 Å². The predicted octanol–water partition coefficient (Wildman–Crippen LogP) is 5.14. The summed E-state index contributed by atoms with van der Waals surface area (Å²) in [5, 5.41) is 0.484. The summed E-state index contributed by atoms with van der Waals surface area (Å²) < 4.78 is 62.4. The Kier molecular flexibility index (Phi) is 6.12. The van der Waals surface area contributed by atoms with Gasteiger partial charge in [0.25, 0.3) is 20.0 Å². The van der Waals surface area contributed by atoms with Crippen LogP contribution in [-0.4, -0.2) is 26.8 Å². The summed E-state index contributed by atoms with van der Waals surface area (Å²) in [6, 6.07) is 20.0. The number of aromatic nitrogens is 2. The van der Waals surface area contributed by atoms with Crippen LogP contribution in [0.5, 0.6) is 0 Å². The molecule has 0 spiro atoms. The fraction of sp³-hybridized carbons (Fsp3) is 0. The van der Waals surface area contributed by atoms with Gasteiger partial charge in [-0.05, 0) is 54.6 Å². The lowest BCUT2D eigenvalue weighted by Gasteiger charge is -2.14. The fourth-order valence-corrected chi connectivity index (χ4v) is 5.70. The standard InChI is InChI=1S/C24H17ClN4O5S2/c25-18-8-11-20(21(15-18)29-36(32,33)23-14-17-4-1-2-5-22(17)34-23)28-35(30,31)19-9-6-16(7-10-19)24-26-12-3-13-27-24/h1-15,28-29H. The molecule has 0 saturated heterocycles. The third kappa shape index (κ3) is 4.89. The summed E-state index contributed by atoms with van der Waals surface area (Å²) in [5.74, 6) is 0.453. The fourth-order valence-electron chi connectivity index (χ4n) is 3.41. The van der Waals surface area contributed by atoms with Crippen LogP contribution in [0.2, 0.25) is 5.02 Å². The van der Waals surface area contributed by atoms with Gasteiger partial charge in [0, 0.05) is 34.4 Å². The Balaban J connectivity index is 1.43. The van der Waals surface area contributed by atoms with Crippen molar-refractivity contribution in [3.63, 3.8) is 0 Å². The molecule has 0 aliphatic rings. The van der Waals surface area contributed by atoms with E-state index in [1.807, 2.05) is 0 Å². The summed E-state index contributed by atoms with van der Waals surface area (Å²) in [5.41, 5.74) is 0.949. The van der Waals surface area contributed by atoms with Gasteiger partial charge in [0.1, 0.15) is 5.58 Å². The largest absolute Gasteiger partial charge is 0.443 e. The maximum absolute atomic E-state index is 13.1. The Morgan fingerprint density at radius 2 is 1.42 bits per heavy atom. The molecule has 0 saturated carbocycles. The van der Waals surface area contributed by atoms with Gasteiger partial charge in [-0.15, -0.1) is 0 Å². The van der Waals surface area contributed by atoms with Gasteiger partial charge in [-0.3, -0.25) is 9.44 Å². The average molecular weight is 541 g/mol.